The average Bonchev–Trinajstić information content (AvgIpc) is 3.29. The van der Waals surface area contributed by atoms with Gasteiger partial charge in [0.25, 0.3) is 5.92 Å². The molecule has 3 aliphatic rings. The molecule has 0 amide bonds. The average molecular weight is 535 g/mol. The van der Waals surface area contributed by atoms with Crippen LogP contribution in [0.5, 0.6) is 0 Å². The SMILES string of the molecule is CCCCCCC(F)(F)C(CC[C@H]1[C@H](OC2CCCCO2)CC2OC(O)C[C@@H]21)O[Si](C)(C)C(C)(C)C. The minimum Gasteiger partial charge on any atom is -0.408 e. The Morgan fingerprint density at radius 1 is 1.08 bits per heavy atom. The van der Waals surface area contributed by atoms with Crippen molar-refractivity contribution in [3.8, 4) is 0 Å². The highest BCUT2D eigenvalue weighted by Crippen LogP contribution is 2.48. The second-order valence-electron chi connectivity index (χ2n) is 12.9. The van der Waals surface area contributed by atoms with E-state index in [0.29, 0.717) is 38.7 Å². The van der Waals surface area contributed by atoms with Crippen LogP contribution in [0.1, 0.15) is 105 Å². The van der Waals surface area contributed by atoms with Crippen molar-refractivity contribution in [3.05, 3.63) is 0 Å². The van der Waals surface area contributed by atoms with Gasteiger partial charge in [0, 0.05) is 25.9 Å². The van der Waals surface area contributed by atoms with Crippen LogP contribution in [-0.4, -0.2) is 56.8 Å². The van der Waals surface area contributed by atoms with Crippen LogP contribution >= 0.6 is 0 Å². The smallest absolute Gasteiger partial charge is 0.272 e. The summed E-state index contributed by atoms with van der Waals surface area (Å²) >= 11 is 0. The topological polar surface area (TPSA) is 57.2 Å². The first kappa shape index (κ1) is 30.4. The second-order valence-corrected chi connectivity index (χ2v) is 17.7. The van der Waals surface area contributed by atoms with Gasteiger partial charge in [0.2, 0.25) is 0 Å². The Kier molecular flexibility index (Phi) is 10.8. The first-order chi connectivity index (χ1) is 16.8. The molecule has 7 atom stereocenters. The summed E-state index contributed by atoms with van der Waals surface area (Å²) in [5.41, 5.74) is 0. The van der Waals surface area contributed by atoms with Gasteiger partial charge in [-0.3, -0.25) is 0 Å². The number of rotatable bonds is 13. The summed E-state index contributed by atoms with van der Waals surface area (Å²) in [4.78, 5) is 0. The van der Waals surface area contributed by atoms with E-state index in [0.717, 1.165) is 38.5 Å². The molecule has 1 aliphatic carbocycles. The first-order valence-electron chi connectivity index (χ1n) is 14.5. The Morgan fingerprint density at radius 3 is 2.47 bits per heavy atom. The molecule has 5 nitrogen and oxygen atoms in total. The van der Waals surface area contributed by atoms with E-state index in [-0.39, 0.29) is 41.8 Å². The fourth-order valence-corrected chi connectivity index (χ4v) is 7.21. The zero-order valence-electron chi connectivity index (χ0n) is 23.6. The molecular weight excluding hydrogens is 482 g/mol. The predicted octanol–water partition coefficient (Wildman–Crippen LogP) is 7.42. The predicted molar refractivity (Wildman–Crippen MR) is 141 cm³/mol. The summed E-state index contributed by atoms with van der Waals surface area (Å²) in [6, 6.07) is 0. The van der Waals surface area contributed by atoms with Crippen molar-refractivity contribution in [2.45, 2.75) is 160 Å². The van der Waals surface area contributed by atoms with Gasteiger partial charge in [-0.2, -0.15) is 0 Å². The van der Waals surface area contributed by atoms with Crippen LogP contribution in [0.4, 0.5) is 8.78 Å². The van der Waals surface area contributed by atoms with Crippen molar-refractivity contribution in [1.82, 2.24) is 0 Å². The number of aliphatic hydroxyl groups excluding tert-OH is 1. The van der Waals surface area contributed by atoms with Gasteiger partial charge in [0.1, 0.15) is 6.10 Å². The molecule has 0 bridgehead atoms. The standard InChI is InChI=1S/C28H52F2O5Si/c1-7-8-9-11-16-28(29,30)24(35-36(5,6)27(2,3)4)15-14-20-21-18-25(31)33-23(21)19-22(20)34-26-13-10-12-17-32-26/h20-26,31H,7-19H2,1-6H3/t20-,21-,22-,23?,24?,25?,26?/m1/s1. The summed E-state index contributed by atoms with van der Waals surface area (Å²) in [6.07, 6.45) is 6.09. The van der Waals surface area contributed by atoms with Gasteiger partial charge in [-0.05, 0) is 68.5 Å². The largest absolute Gasteiger partial charge is 0.408 e. The molecule has 0 radical (unpaired) electrons. The quantitative estimate of drug-likeness (QED) is 0.197. The van der Waals surface area contributed by atoms with Gasteiger partial charge in [-0.25, -0.2) is 8.78 Å². The number of alkyl halides is 2. The zero-order valence-corrected chi connectivity index (χ0v) is 24.6. The molecule has 1 N–H and O–H groups in total. The number of hydrogen-bond donors (Lipinski definition) is 1. The van der Waals surface area contributed by atoms with Crippen molar-refractivity contribution in [3.63, 3.8) is 0 Å². The summed E-state index contributed by atoms with van der Waals surface area (Å²) in [5, 5.41) is 9.98. The van der Waals surface area contributed by atoms with Crippen LogP contribution in [0, 0.1) is 11.8 Å². The first-order valence-corrected chi connectivity index (χ1v) is 17.4. The Labute approximate surface area is 219 Å². The lowest BCUT2D eigenvalue weighted by Gasteiger charge is -2.42. The maximum atomic E-state index is 15.7. The van der Waals surface area contributed by atoms with Crippen LogP contribution in [-0.2, 0) is 18.6 Å². The molecule has 8 heteroatoms. The molecule has 0 aromatic rings. The van der Waals surface area contributed by atoms with Crippen molar-refractivity contribution in [2.75, 3.05) is 6.61 Å². The molecule has 2 saturated heterocycles. The summed E-state index contributed by atoms with van der Waals surface area (Å²) in [7, 11) is -2.39. The van der Waals surface area contributed by atoms with Gasteiger partial charge in [0.15, 0.2) is 20.9 Å². The van der Waals surface area contributed by atoms with Gasteiger partial charge >= 0.3 is 0 Å². The minimum absolute atomic E-state index is 0.0547. The maximum Gasteiger partial charge on any atom is 0.272 e. The third-order valence-corrected chi connectivity index (χ3v) is 13.6. The number of hydrogen-bond acceptors (Lipinski definition) is 5. The van der Waals surface area contributed by atoms with Gasteiger partial charge in [0.05, 0.1) is 12.2 Å². The van der Waals surface area contributed by atoms with Crippen LogP contribution < -0.4 is 0 Å². The maximum absolute atomic E-state index is 15.7. The van der Waals surface area contributed by atoms with Crippen LogP contribution in [0.2, 0.25) is 18.1 Å². The zero-order chi connectivity index (χ0) is 26.6. The summed E-state index contributed by atoms with van der Waals surface area (Å²) in [5.74, 6) is -2.69. The molecule has 36 heavy (non-hydrogen) atoms. The van der Waals surface area contributed by atoms with Crippen LogP contribution in [0.3, 0.4) is 0 Å². The van der Waals surface area contributed by atoms with E-state index in [2.05, 4.69) is 40.8 Å². The lowest BCUT2D eigenvalue weighted by atomic mass is 9.86. The fraction of sp³-hybridized carbons (Fsp3) is 1.00. The number of fused-ring (bicyclic) bond motifs is 1. The molecule has 2 aliphatic heterocycles. The molecular formula is C28H52F2O5Si. The van der Waals surface area contributed by atoms with E-state index < -0.39 is 26.6 Å². The molecule has 3 fully saturated rings. The third-order valence-electron chi connectivity index (χ3n) is 9.08. The lowest BCUT2D eigenvalue weighted by molar-refractivity contribution is -0.200. The third kappa shape index (κ3) is 7.95. The van der Waals surface area contributed by atoms with Gasteiger partial charge in [-0.15, -0.1) is 0 Å². The van der Waals surface area contributed by atoms with Gasteiger partial charge in [-0.1, -0.05) is 47.0 Å². The van der Waals surface area contributed by atoms with E-state index in [9.17, 15) is 5.11 Å². The van der Waals surface area contributed by atoms with E-state index in [1.165, 1.54) is 0 Å². The Morgan fingerprint density at radius 2 is 1.83 bits per heavy atom. The fourth-order valence-electron chi connectivity index (χ4n) is 5.85. The molecule has 1 saturated carbocycles. The highest BCUT2D eigenvalue weighted by molar-refractivity contribution is 6.74. The number of ether oxygens (including phenoxy) is 3. The Balaban J connectivity index is 1.72. The van der Waals surface area contributed by atoms with E-state index in [1.54, 1.807) is 0 Å². The number of halogens is 2. The second kappa shape index (κ2) is 12.8. The molecule has 212 valence electrons. The number of unbranched alkanes of at least 4 members (excludes halogenated alkanes) is 3. The minimum atomic E-state index is -2.87. The van der Waals surface area contributed by atoms with Crippen molar-refractivity contribution >= 4 is 8.32 Å². The van der Waals surface area contributed by atoms with Crippen molar-refractivity contribution < 1.29 is 32.5 Å². The summed E-state index contributed by atoms with van der Waals surface area (Å²) < 4.78 is 55.8. The Hall–Kier alpha value is -0.123. The van der Waals surface area contributed by atoms with Crippen molar-refractivity contribution in [1.29, 1.82) is 0 Å². The number of aliphatic hydroxyl groups is 1. The lowest BCUT2D eigenvalue weighted by Crippen LogP contribution is -2.49. The highest BCUT2D eigenvalue weighted by atomic mass is 28.4. The van der Waals surface area contributed by atoms with Crippen molar-refractivity contribution in [2.24, 2.45) is 11.8 Å². The van der Waals surface area contributed by atoms with E-state index in [1.807, 2.05) is 0 Å². The Bertz CT molecular complexity index is 665. The summed E-state index contributed by atoms with van der Waals surface area (Å²) in [6.45, 7) is 13.2. The van der Waals surface area contributed by atoms with Gasteiger partial charge < -0.3 is 23.7 Å². The van der Waals surface area contributed by atoms with Crippen LogP contribution in [0.15, 0.2) is 0 Å². The highest BCUT2D eigenvalue weighted by Gasteiger charge is 2.52. The molecule has 4 unspecified atom stereocenters. The van der Waals surface area contributed by atoms with E-state index >= 15 is 8.78 Å². The molecule has 0 spiro atoms. The molecule has 0 aromatic heterocycles. The van der Waals surface area contributed by atoms with Crippen LogP contribution in [0.25, 0.3) is 0 Å². The monoisotopic (exact) mass is 534 g/mol. The van der Waals surface area contributed by atoms with E-state index in [4.69, 9.17) is 18.6 Å². The molecule has 2 heterocycles. The molecule has 0 aromatic carbocycles. The normalized spacial score (nSPS) is 32.6. The molecule has 3 rings (SSSR count).